The fourth-order valence-electron chi connectivity index (χ4n) is 1.80. The van der Waals surface area contributed by atoms with Crippen LogP contribution in [-0.4, -0.2) is 16.5 Å². The van der Waals surface area contributed by atoms with E-state index in [1.165, 1.54) is 5.56 Å². The molecule has 17 heavy (non-hydrogen) atoms. The Morgan fingerprint density at radius 2 is 2.00 bits per heavy atom. The predicted octanol–water partition coefficient (Wildman–Crippen LogP) is 2.53. The monoisotopic (exact) mass is 228 g/mol. The number of nitrogen functional groups attached to an aromatic ring is 1. The van der Waals surface area contributed by atoms with Crippen LogP contribution >= 0.6 is 0 Å². The smallest absolute Gasteiger partial charge is 0.176 e. The number of aromatic nitrogens is 2. The van der Waals surface area contributed by atoms with Crippen molar-refractivity contribution in [1.29, 1.82) is 0 Å². The largest absolute Gasteiger partial charge is 0.381 e. The molecule has 88 valence electrons. The Morgan fingerprint density at radius 1 is 1.24 bits per heavy atom. The van der Waals surface area contributed by atoms with E-state index in [1.54, 1.807) is 12.4 Å². The quantitative estimate of drug-likeness (QED) is 0.877. The van der Waals surface area contributed by atoms with Crippen LogP contribution in [-0.2, 0) is 0 Å². The van der Waals surface area contributed by atoms with Gasteiger partial charge in [-0.1, -0.05) is 12.1 Å². The summed E-state index contributed by atoms with van der Waals surface area (Å²) in [6.07, 6.45) is 3.26. The van der Waals surface area contributed by atoms with Crippen molar-refractivity contribution in [1.82, 2.24) is 9.97 Å². The van der Waals surface area contributed by atoms with Gasteiger partial charge in [-0.25, -0.2) is 9.97 Å². The van der Waals surface area contributed by atoms with Gasteiger partial charge >= 0.3 is 0 Å². The molecule has 0 radical (unpaired) electrons. The number of nitrogens with two attached hydrogens (primary N) is 1. The average Bonchev–Trinajstić information content (AvgIpc) is 2.33. The number of aryl methyl sites for hydroxylation is 1. The second-order valence-corrected chi connectivity index (χ2v) is 3.85. The van der Waals surface area contributed by atoms with Crippen molar-refractivity contribution in [2.24, 2.45) is 0 Å². The van der Waals surface area contributed by atoms with E-state index in [0.29, 0.717) is 11.6 Å². The third kappa shape index (κ3) is 2.36. The zero-order chi connectivity index (χ0) is 12.3. The Hall–Kier alpha value is -2.10. The molecule has 0 atom stereocenters. The molecule has 0 bridgehead atoms. The van der Waals surface area contributed by atoms with Crippen LogP contribution in [0.1, 0.15) is 12.5 Å². The van der Waals surface area contributed by atoms with Crippen LogP contribution in [0.3, 0.4) is 0 Å². The van der Waals surface area contributed by atoms with Gasteiger partial charge in [0, 0.05) is 24.6 Å². The van der Waals surface area contributed by atoms with Crippen molar-refractivity contribution in [3.63, 3.8) is 0 Å². The minimum atomic E-state index is 0.454. The van der Waals surface area contributed by atoms with E-state index in [4.69, 9.17) is 5.73 Å². The van der Waals surface area contributed by atoms with Crippen LogP contribution in [0.25, 0.3) is 0 Å². The average molecular weight is 228 g/mol. The van der Waals surface area contributed by atoms with Crippen LogP contribution < -0.4 is 10.6 Å². The molecule has 0 saturated carbocycles. The highest BCUT2D eigenvalue weighted by Crippen LogP contribution is 2.26. The van der Waals surface area contributed by atoms with Gasteiger partial charge in [-0.15, -0.1) is 0 Å². The summed E-state index contributed by atoms with van der Waals surface area (Å²) in [7, 11) is 0. The lowest BCUT2D eigenvalue weighted by Crippen LogP contribution is -2.19. The Morgan fingerprint density at radius 3 is 2.65 bits per heavy atom. The van der Waals surface area contributed by atoms with Gasteiger partial charge in [-0.05, 0) is 31.5 Å². The summed E-state index contributed by atoms with van der Waals surface area (Å²) >= 11 is 0. The first-order valence-electron chi connectivity index (χ1n) is 5.63. The highest BCUT2D eigenvalue weighted by Gasteiger charge is 2.12. The van der Waals surface area contributed by atoms with Gasteiger partial charge < -0.3 is 10.6 Å². The fraction of sp³-hybridized carbons (Fsp3) is 0.231. The predicted molar refractivity (Wildman–Crippen MR) is 70.3 cm³/mol. The van der Waals surface area contributed by atoms with Gasteiger partial charge in [-0.3, -0.25) is 0 Å². The highest BCUT2D eigenvalue weighted by atomic mass is 15.2. The molecule has 0 fully saturated rings. The highest BCUT2D eigenvalue weighted by molar-refractivity contribution is 5.68. The summed E-state index contributed by atoms with van der Waals surface area (Å²) in [6.45, 7) is 4.93. The first-order chi connectivity index (χ1) is 8.22. The molecule has 4 heteroatoms. The van der Waals surface area contributed by atoms with Crippen molar-refractivity contribution >= 4 is 17.3 Å². The molecule has 0 spiro atoms. The molecule has 0 saturated heterocycles. The molecule has 1 aromatic heterocycles. The van der Waals surface area contributed by atoms with E-state index in [2.05, 4.69) is 40.8 Å². The third-order valence-electron chi connectivity index (χ3n) is 2.59. The maximum atomic E-state index is 5.86. The maximum absolute atomic E-state index is 5.86. The van der Waals surface area contributed by atoms with Gasteiger partial charge in [0.2, 0.25) is 0 Å². The molecule has 4 nitrogen and oxygen atoms in total. The van der Waals surface area contributed by atoms with E-state index in [0.717, 1.165) is 12.2 Å². The Kier molecular flexibility index (Phi) is 3.23. The summed E-state index contributed by atoms with van der Waals surface area (Å²) in [5.41, 5.74) is 8.15. The molecule has 1 heterocycles. The van der Waals surface area contributed by atoms with Crippen molar-refractivity contribution in [3.8, 4) is 0 Å². The number of rotatable bonds is 3. The molecule has 2 N–H and O–H groups in total. The van der Waals surface area contributed by atoms with Crippen LogP contribution in [0.15, 0.2) is 36.7 Å². The van der Waals surface area contributed by atoms with Gasteiger partial charge in [-0.2, -0.15) is 0 Å². The van der Waals surface area contributed by atoms with Gasteiger partial charge in [0.05, 0.1) is 0 Å². The second-order valence-electron chi connectivity index (χ2n) is 3.85. The van der Waals surface area contributed by atoms with Crippen LogP contribution in [0.5, 0.6) is 0 Å². The van der Waals surface area contributed by atoms with Gasteiger partial charge in [0.15, 0.2) is 11.6 Å². The van der Waals surface area contributed by atoms with Crippen molar-refractivity contribution in [3.05, 3.63) is 42.2 Å². The Balaban J connectivity index is 2.44. The van der Waals surface area contributed by atoms with E-state index in [-0.39, 0.29) is 0 Å². The van der Waals surface area contributed by atoms with Gasteiger partial charge in [0.1, 0.15) is 0 Å². The fourth-order valence-corrected chi connectivity index (χ4v) is 1.80. The minimum absolute atomic E-state index is 0.454. The first-order valence-corrected chi connectivity index (χ1v) is 5.63. The van der Waals surface area contributed by atoms with Crippen molar-refractivity contribution in [2.75, 3.05) is 17.2 Å². The molecule has 0 aliphatic rings. The van der Waals surface area contributed by atoms with E-state index < -0.39 is 0 Å². The summed E-state index contributed by atoms with van der Waals surface area (Å²) < 4.78 is 0. The lowest BCUT2D eigenvalue weighted by molar-refractivity contribution is 0.979. The maximum Gasteiger partial charge on any atom is 0.176 e. The second kappa shape index (κ2) is 4.82. The third-order valence-corrected chi connectivity index (χ3v) is 2.59. The number of hydrogen-bond acceptors (Lipinski definition) is 4. The zero-order valence-electron chi connectivity index (χ0n) is 10.1. The normalized spacial score (nSPS) is 10.2. The molecule has 0 aliphatic carbocycles. The molecule has 0 unspecified atom stereocenters. The molecule has 2 aromatic rings. The first kappa shape index (κ1) is 11.4. The zero-order valence-corrected chi connectivity index (χ0v) is 10.1. The Labute approximate surface area is 101 Å². The summed E-state index contributed by atoms with van der Waals surface area (Å²) in [6, 6.07) is 8.25. The molecule has 1 aromatic carbocycles. The lowest BCUT2D eigenvalue weighted by atomic mass is 10.2. The van der Waals surface area contributed by atoms with Crippen LogP contribution in [0, 0.1) is 6.92 Å². The number of anilines is 3. The lowest BCUT2D eigenvalue weighted by Gasteiger charge is -2.23. The molecular formula is C13H16N4. The van der Waals surface area contributed by atoms with Crippen LogP contribution in [0.2, 0.25) is 0 Å². The van der Waals surface area contributed by atoms with E-state index in [9.17, 15) is 0 Å². The number of hydrogen-bond donors (Lipinski definition) is 1. The number of benzene rings is 1. The molecule has 2 rings (SSSR count). The SMILES string of the molecule is CCN(c1cccc(C)c1)c1nccnc1N. The van der Waals surface area contributed by atoms with Crippen LogP contribution in [0.4, 0.5) is 17.3 Å². The summed E-state index contributed by atoms with van der Waals surface area (Å²) in [5, 5.41) is 0. The standard InChI is InChI=1S/C13H16N4/c1-3-17(11-6-4-5-10(2)9-11)13-12(14)15-7-8-16-13/h4-9H,3H2,1-2H3,(H2,14,15). The summed E-state index contributed by atoms with van der Waals surface area (Å²) in [5.74, 6) is 1.16. The van der Waals surface area contributed by atoms with E-state index >= 15 is 0 Å². The van der Waals surface area contributed by atoms with Gasteiger partial charge in [0.25, 0.3) is 0 Å². The molecular weight excluding hydrogens is 212 g/mol. The minimum Gasteiger partial charge on any atom is -0.381 e. The van der Waals surface area contributed by atoms with E-state index in [1.807, 2.05) is 12.1 Å². The molecule has 0 aliphatic heterocycles. The van der Waals surface area contributed by atoms with Crippen molar-refractivity contribution in [2.45, 2.75) is 13.8 Å². The Bertz CT molecular complexity index is 510. The topological polar surface area (TPSA) is 55.0 Å². The molecule has 0 amide bonds. The van der Waals surface area contributed by atoms with Crippen molar-refractivity contribution < 1.29 is 0 Å². The number of nitrogens with zero attached hydrogens (tertiary/aromatic N) is 3. The summed E-state index contributed by atoms with van der Waals surface area (Å²) in [4.78, 5) is 10.4.